The molecule has 0 saturated carbocycles. The van der Waals surface area contributed by atoms with Crippen LogP contribution in [-0.2, 0) is 20.0 Å². The van der Waals surface area contributed by atoms with Crippen molar-refractivity contribution in [3.05, 3.63) is 76.9 Å². The smallest absolute Gasteiger partial charge is 0.262 e. The topological polar surface area (TPSA) is 122 Å². The molecule has 1 fully saturated rings. The van der Waals surface area contributed by atoms with Crippen LogP contribution in [0, 0.1) is 20.8 Å². The Labute approximate surface area is 223 Å². The number of sulfonamides is 2. The molecule has 1 amide bonds. The number of anilines is 2. The molecule has 1 saturated heterocycles. The molecule has 0 radical (unpaired) electrons. The zero-order chi connectivity index (χ0) is 27.7. The van der Waals surface area contributed by atoms with E-state index < -0.39 is 26.0 Å². The van der Waals surface area contributed by atoms with E-state index >= 15 is 0 Å². The van der Waals surface area contributed by atoms with Gasteiger partial charge in [0.05, 0.1) is 22.6 Å². The maximum Gasteiger partial charge on any atom is 0.262 e. The molecule has 4 rings (SSSR count). The average Bonchev–Trinajstić information content (AvgIpc) is 3.42. The lowest BCUT2D eigenvalue weighted by Gasteiger charge is -2.18. The summed E-state index contributed by atoms with van der Waals surface area (Å²) in [5.41, 5.74) is 3.12. The molecule has 202 valence electrons. The summed E-state index contributed by atoms with van der Waals surface area (Å²) in [4.78, 5) is 13.2. The van der Waals surface area contributed by atoms with Gasteiger partial charge in [0.2, 0.25) is 10.0 Å². The Morgan fingerprint density at radius 1 is 0.842 bits per heavy atom. The number of ether oxygens (including phenoxy) is 1. The lowest BCUT2D eigenvalue weighted by atomic mass is 10.1. The Hall–Kier alpha value is -3.41. The second-order valence-corrected chi connectivity index (χ2v) is 12.9. The average molecular weight is 558 g/mol. The predicted molar refractivity (Wildman–Crippen MR) is 147 cm³/mol. The van der Waals surface area contributed by atoms with Crippen molar-refractivity contribution >= 4 is 37.3 Å². The molecule has 3 aromatic carbocycles. The molecule has 9 nitrogen and oxygen atoms in total. The number of aryl methyl sites for hydroxylation is 3. The second-order valence-electron chi connectivity index (χ2n) is 9.31. The van der Waals surface area contributed by atoms with Gasteiger partial charge in [-0.1, -0.05) is 12.1 Å². The van der Waals surface area contributed by atoms with Crippen LogP contribution in [0.1, 0.15) is 39.9 Å². The molecule has 0 spiro atoms. The number of benzene rings is 3. The molecule has 0 aromatic heterocycles. The second kappa shape index (κ2) is 10.8. The fourth-order valence-electron chi connectivity index (χ4n) is 4.26. The number of amides is 1. The molecule has 0 bridgehead atoms. The van der Waals surface area contributed by atoms with Crippen LogP contribution in [0.2, 0.25) is 0 Å². The molecule has 0 unspecified atom stereocenters. The standard InChI is InChI=1S/C27H31N3O6S2/c1-18-8-10-22(15-20(18)3)29-37(32,33)26-16-21(9-7-19(26)2)27(31)28-24-17-23(11-12-25(24)36-4)38(34,35)30-13-5-6-14-30/h7-12,15-17,29H,5-6,13-14H2,1-4H3,(H,28,31). The van der Waals surface area contributed by atoms with Crippen LogP contribution < -0.4 is 14.8 Å². The Balaban J connectivity index is 1.62. The Morgan fingerprint density at radius 3 is 2.18 bits per heavy atom. The van der Waals surface area contributed by atoms with Crippen molar-refractivity contribution in [1.29, 1.82) is 0 Å². The highest BCUT2D eigenvalue weighted by atomic mass is 32.2. The van der Waals surface area contributed by atoms with Gasteiger partial charge in [-0.25, -0.2) is 16.8 Å². The third kappa shape index (κ3) is 5.69. The van der Waals surface area contributed by atoms with Gasteiger partial charge in [-0.3, -0.25) is 9.52 Å². The SMILES string of the molecule is COc1ccc(S(=O)(=O)N2CCCC2)cc1NC(=O)c1ccc(C)c(S(=O)(=O)Nc2ccc(C)c(C)c2)c1. The van der Waals surface area contributed by atoms with Crippen LogP contribution in [0.4, 0.5) is 11.4 Å². The molecular weight excluding hydrogens is 526 g/mol. The molecule has 0 aliphatic carbocycles. The highest BCUT2D eigenvalue weighted by Gasteiger charge is 2.28. The molecule has 1 aliphatic rings. The Kier molecular flexibility index (Phi) is 7.82. The van der Waals surface area contributed by atoms with Gasteiger partial charge in [0.1, 0.15) is 5.75 Å². The number of nitrogens with zero attached hydrogens (tertiary/aromatic N) is 1. The van der Waals surface area contributed by atoms with E-state index in [1.54, 1.807) is 25.1 Å². The largest absolute Gasteiger partial charge is 0.495 e. The number of carbonyl (C=O) groups excluding carboxylic acids is 1. The Morgan fingerprint density at radius 2 is 1.53 bits per heavy atom. The summed E-state index contributed by atoms with van der Waals surface area (Å²) >= 11 is 0. The van der Waals surface area contributed by atoms with Crippen molar-refractivity contribution in [2.24, 2.45) is 0 Å². The van der Waals surface area contributed by atoms with Crippen molar-refractivity contribution < 1.29 is 26.4 Å². The summed E-state index contributed by atoms with van der Waals surface area (Å²) < 4.78 is 61.8. The molecule has 38 heavy (non-hydrogen) atoms. The summed E-state index contributed by atoms with van der Waals surface area (Å²) in [5, 5.41) is 2.68. The first-order valence-corrected chi connectivity index (χ1v) is 15.0. The monoisotopic (exact) mass is 557 g/mol. The number of methoxy groups -OCH3 is 1. The van der Waals surface area contributed by atoms with Crippen LogP contribution >= 0.6 is 0 Å². The lowest BCUT2D eigenvalue weighted by molar-refractivity contribution is 0.102. The zero-order valence-corrected chi connectivity index (χ0v) is 23.4. The van der Waals surface area contributed by atoms with Crippen LogP contribution in [0.3, 0.4) is 0 Å². The zero-order valence-electron chi connectivity index (χ0n) is 21.7. The summed E-state index contributed by atoms with van der Waals surface area (Å²) in [6.07, 6.45) is 1.60. The number of hydrogen-bond donors (Lipinski definition) is 2. The van der Waals surface area contributed by atoms with Crippen molar-refractivity contribution in [1.82, 2.24) is 4.31 Å². The minimum atomic E-state index is -3.99. The molecule has 0 atom stereocenters. The van der Waals surface area contributed by atoms with Crippen molar-refractivity contribution in [3.63, 3.8) is 0 Å². The van der Waals surface area contributed by atoms with Gasteiger partial charge >= 0.3 is 0 Å². The summed E-state index contributed by atoms with van der Waals surface area (Å²) in [7, 11) is -6.29. The third-order valence-electron chi connectivity index (χ3n) is 6.62. The Bertz CT molecular complexity index is 1590. The number of carbonyl (C=O) groups is 1. The van der Waals surface area contributed by atoms with Gasteiger partial charge in [0, 0.05) is 24.3 Å². The normalized spacial score (nSPS) is 14.3. The van der Waals surface area contributed by atoms with Crippen LogP contribution in [-0.4, -0.2) is 47.2 Å². The highest BCUT2D eigenvalue weighted by Crippen LogP contribution is 2.31. The van der Waals surface area contributed by atoms with Gasteiger partial charge < -0.3 is 10.1 Å². The van der Waals surface area contributed by atoms with Crippen LogP contribution in [0.15, 0.2) is 64.4 Å². The number of nitrogens with one attached hydrogen (secondary N) is 2. The molecule has 3 aromatic rings. The van der Waals surface area contributed by atoms with Gasteiger partial charge in [0.25, 0.3) is 15.9 Å². The fourth-order valence-corrected chi connectivity index (χ4v) is 7.13. The maximum absolute atomic E-state index is 13.2. The quantitative estimate of drug-likeness (QED) is 0.422. The highest BCUT2D eigenvalue weighted by molar-refractivity contribution is 7.92. The van der Waals surface area contributed by atoms with E-state index in [4.69, 9.17) is 4.74 Å². The molecule has 1 heterocycles. The van der Waals surface area contributed by atoms with Crippen molar-refractivity contribution in [2.45, 2.75) is 43.4 Å². The maximum atomic E-state index is 13.2. The molecule has 2 N–H and O–H groups in total. The molecule has 1 aliphatic heterocycles. The lowest BCUT2D eigenvalue weighted by Crippen LogP contribution is -2.28. The number of rotatable bonds is 8. The van der Waals surface area contributed by atoms with Crippen molar-refractivity contribution in [2.75, 3.05) is 30.2 Å². The summed E-state index contributed by atoms with van der Waals surface area (Å²) in [6.45, 7) is 6.38. The van der Waals surface area contributed by atoms with E-state index in [2.05, 4.69) is 10.0 Å². The van der Waals surface area contributed by atoms with Gasteiger partial charge in [-0.05, 0) is 92.8 Å². The van der Waals surface area contributed by atoms with Crippen molar-refractivity contribution in [3.8, 4) is 5.75 Å². The minimum Gasteiger partial charge on any atom is -0.495 e. The van der Waals surface area contributed by atoms with E-state index in [1.165, 1.54) is 41.7 Å². The summed E-state index contributed by atoms with van der Waals surface area (Å²) in [6, 6.07) is 13.9. The van der Waals surface area contributed by atoms with Gasteiger partial charge in [-0.15, -0.1) is 0 Å². The first-order chi connectivity index (χ1) is 17.9. The van der Waals surface area contributed by atoms with E-state index in [1.807, 2.05) is 19.9 Å². The first kappa shape index (κ1) is 27.6. The van der Waals surface area contributed by atoms with E-state index in [9.17, 15) is 21.6 Å². The third-order valence-corrected chi connectivity index (χ3v) is 10.0. The minimum absolute atomic E-state index is 0.0410. The first-order valence-electron chi connectivity index (χ1n) is 12.1. The number of hydrogen-bond acceptors (Lipinski definition) is 6. The van der Waals surface area contributed by atoms with E-state index in [-0.39, 0.29) is 26.8 Å². The van der Waals surface area contributed by atoms with Gasteiger partial charge in [-0.2, -0.15) is 4.31 Å². The van der Waals surface area contributed by atoms with Crippen LogP contribution in [0.25, 0.3) is 0 Å². The molecule has 11 heteroatoms. The van der Waals surface area contributed by atoms with E-state index in [0.717, 1.165) is 24.0 Å². The molecular formula is C27H31N3O6S2. The van der Waals surface area contributed by atoms with Crippen LogP contribution in [0.5, 0.6) is 5.75 Å². The van der Waals surface area contributed by atoms with Gasteiger partial charge in [0.15, 0.2) is 0 Å². The summed E-state index contributed by atoms with van der Waals surface area (Å²) in [5.74, 6) is -0.336. The van der Waals surface area contributed by atoms with E-state index in [0.29, 0.717) is 24.3 Å². The predicted octanol–water partition coefficient (Wildman–Crippen LogP) is 4.46. The fraction of sp³-hybridized carbons (Fsp3) is 0.296.